The molecule has 0 heterocycles. The fraction of sp³-hybridized carbons (Fsp3) is 0.286. The summed E-state index contributed by atoms with van der Waals surface area (Å²) < 4.78 is 15.5. The van der Waals surface area contributed by atoms with Crippen LogP contribution < -0.4 is 14.8 Å². The minimum absolute atomic E-state index is 0.130. The van der Waals surface area contributed by atoms with Gasteiger partial charge in [-0.2, -0.15) is 0 Å². The number of hydrogen-bond acceptors (Lipinski definition) is 6. The van der Waals surface area contributed by atoms with Crippen LogP contribution in [-0.2, 0) is 20.7 Å². The number of benzene rings is 2. The fourth-order valence-electron chi connectivity index (χ4n) is 2.50. The maximum absolute atomic E-state index is 12.1. The lowest BCUT2D eigenvalue weighted by Crippen LogP contribution is -2.14. The van der Waals surface area contributed by atoms with Crippen LogP contribution in [0.4, 0.5) is 5.69 Å². The third kappa shape index (κ3) is 6.42. The second-order valence-corrected chi connectivity index (χ2v) is 6.06. The Balaban J connectivity index is 1.83. The Hall–Kier alpha value is -3.35. The van der Waals surface area contributed by atoms with Crippen LogP contribution >= 0.6 is 0 Å². The lowest BCUT2D eigenvalue weighted by Gasteiger charge is -2.09. The van der Waals surface area contributed by atoms with Gasteiger partial charge in [0.2, 0.25) is 5.91 Å². The SMILES string of the molecule is COc1cc(CCC(=O)OCC(=O)c2ccc(NC(C)=O)cc2)cc(OC)c1. The summed E-state index contributed by atoms with van der Waals surface area (Å²) in [6.07, 6.45) is 0.567. The molecule has 1 amide bonds. The van der Waals surface area contributed by atoms with Crippen molar-refractivity contribution in [3.63, 3.8) is 0 Å². The molecule has 7 nitrogen and oxygen atoms in total. The van der Waals surface area contributed by atoms with Crippen molar-refractivity contribution in [1.29, 1.82) is 0 Å². The van der Waals surface area contributed by atoms with Crippen molar-refractivity contribution in [3.05, 3.63) is 53.6 Å². The maximum atomic E-state index is 12.1. The molecule has 7 heteroatoms. The minimum Gasteiger partial charge on any atom is -0.497 e. The summed E-state index contributed by atoms with van der Waals surface area (Å²) in [7, 11) is 3.11. The molecular weight excluding hydrogens is 362 g/mol. The second kappa shape index (κ2) is 10.1. The number of nitrogens with one attached hydrogen (secondary N) is 1. The quantitative estimate of drug-likeness (QED) is 0.527. The van der Waals surface area contributed by atoms with Crippen LogP contribution in [0, 0.1) is 0 Å². The van der Waals surface area contributed by atoms with Crippen LogP contribution in [0.5, 0.6) is 11.5 Å². The van der Waals surface area contributed by atoms with Crippen molar-refractivity contribution in [2.45, 2.75) is 19.8 Å². The molecule has 2 aromatic rings. The number of aryl methyl sites for hydroxylation is 1. The molecule has 0 unspecified atom stereocenters. The molecule has 2 aromatic carbocycles. The zero-order valence-electron chi connectivity index (χ0n) is 16.1. The van der Waals surface area contributed by atoms with Crippen molar-refractivity contribution in [3.8, 4) is 11.5 Å². The highest BCUT2D eigenvalue weighted by Gasteiger charge is 2.11. The molecule has 2 rings (SSSR count). The van der Waals surface area contributed by atoms with Gasteiger partial charge in [0.1, 0.15) is 11.5 Å². The maximum Gasteiger partial charge on any atom is 0.306 e. The lowest BCUT2D eigenvalue weighted by molar-refractivity contribution is -0.142. The van der Waals surface area contributed by atoms with Gasteiger partial charge in [-0.05, 0) is 48.4 Å². The number of carbonyl (C=O) groups excluding carboxylic acids is 3. The van der Waals surface area contributed by atoms with E-state index in [-0.39, 0.29) is 24.7 Å². The molecule has 0 bridgehead atoms. The van der Waals surface area contributed by atoms with E-state index in [1.165, 1.54) is 6.92 Å². The van der Waals surface area contributed by atoms with Gasteiger partial charge in [0.25, 0.3) is 0 Å². The first-order valence-electron chi connectivity index (χ1n) is 8.69. The minimum atomic E-state index is -0.468. The van der Waals surface area contributed by atoms with Crippen LogP contribution in [0.25, 0.3) is 0 Å². The molecule has 0 atom stereocenters. The van der Waals surface area contributed by atoms with Crippen molar-refractivity contribution in [2.24, 2.45) is 0 Å². The molecule has 28 heavy (non-hydrogen) atoms. The number of amides is 1. The molecule has 1 N–H and O–H groups in total. The molecule has 0 aliphatic heterocycles. The van der Waals surface area contributed by atoms with E-state index in [9.17, 15) is 14.4 Å². The first kappa shape index (κ1) is 21.0. The number of ether oxygens (including phenoxy) is 3. The summed E-state index contributed by atoms with van der Waals surface area (Å²) in [4.78, 5) is 35.1. The van der Waals surface area contributed by atoms with E-state index >= 15 is 0 Å². The number of esters is 1. The normalized spacial score (nSPS) is 10.1. The van der Waals surface area contributed by atoms with E-state index in [1.54, 1.807) is 44.6 Å². The smallest absolute Gasteiger partial charge is 0.306 e. The van der Waals surface area contributed by atoms with Gasteiger partial charge in [-0.15, -0.1) is 0 Å². The van der Waals surface area contributed by atoms with Gasteiger partial charge in [-0.25, -0.2) is 0 Å². The second-order valence-electron chi connectivity index (χ2n) is 6.06. The van der Waals surface area contributed by atoms with Crippen molar-refractivity contribution in [2.75, 3.05) is 26.1 Å². The molecule has 0 saturated heterocycles. The van der Waals surface area contributed by atoms with Crippen molar-refractivity contribution in [1.82, 2.24) is 0 Å². The number of anilines is 1. The highest BCUT2D eigenvalue weighted by molar-refractivity contribution is 5.98. The zero-order chi connectivity index (χ0) is 20.5. The molecule has 0 fully saturated rings. The van der Waals surface area contributed by atoms with Gasteiger partial charge in [0, 0.05) is 30.7 Å². The average molecular weight is 385 g/mol. The monoisotopic (exact) mass is 385 g/mol. The average Bonchev–Trinajstić information content (AvgIpc) is 2.70. The van der Waals surface area contributed by atoms with Gasteiger partial charge < -0.3 is 19.5 Å². The van der Waals surface area contributed by atoms with E-state index in [0.717, 1.165) is 5.56 Å². The van der Waals surface area contributed by atoms with E-state index in [2.05, 4.69) is 5.32 Å². The first-order valence-corrected chi connectivity index (χ1v) is 8.69. The van der Waals surface area contributed by atoms with Gasteiger partial charge in [-0.3, -0.25) is 14.4 Å². The van der Waals surface area contributed by atoms with E-state index < -0.39 is 5.97 Å². The van der Waals surface area contributed by atoms with Crippen LogP contribution in [0.2, 0.25) is 0 Å². The largest absolute Gasteiger partial charge is 0.497 e. The van der Waals surface area contributed by atoms with Crippen LogP contribution in [-0.4, -0.2) is 38.5 Å². The highest BCUT2D eigenvalue weighted by atomic mass is 16.5. The number of Topliss-reactive ketones (excluding diaryl/α,β-unsaturated/α-hetero) is 1. The third-order valence-corrected chi connectivity index (χ3v) is 3.92. The summed E-state index contributed by atoms with van der Waals surface area (Å²) in [6, 6.07) is 11.8. The Morgan fingerprint density at radius 1 is 0.929 bits per heavy atom. The molecule has 0 saturated carbocycles. The molecule has 0 spiro atoms. The Kier molecular flexibility index (Phi) is 7.56. The number of ketones is 1. The summed E-state index contributed by atoms with van der Waals surface area (Å²) in [6.45, 7) is 1.07. The van der Waals surface area contributed by atoms with E-state index in [0.29, 0.717) is 29.2 Å². The summed E-state index contributed by atoms with van der Waals surface area (Å²) in [5, 5.41) is 2.62. The van der Waals surface area contributed by atoms with Crippen LogP contribution in [0.1, 0.15) is 29.3 Å². The molecule has 0 aromatic heterocycles. The van der Waals surface area contributed by atoms with Gasteiger partial charge in [0.05, 0.1) is 14.2 Å². The van der Waals surface area contributed by atoms with E-state index in [4.69, 9.17) is 14.2 Å². The lowest BCUT2D eigenvalue weighted by atomic mass is 10.1. The number of rotatable bonds is 9. The Morgan fingerprint density at radius 2 is 1.54 bits per heavy atom. The standard InChI is InChI=1S/C21H23NO6/c1-14(23)22-17-7-5-16(6-8-17)20(24)13-28-21(25)9-4-15-10-18(26-2)12-19(11-15)27-3/h5-8,10-12H,4,9,13H2,1-3H3,(H,22,23). The predicted molar refractivity (Wildman–Crippen MR) is 104 cm³/mol. The molecule has 0 aliphatic rings. The number of methoxy groups -OCH3 is 2. The number of carbonyl (C=O) groups is 3. The Labute approximate surface area is 163 Å². The van der Waals surface area contributed by atoms with Crippen molar-refractivity contribution >= 4 is 23.3 Å². The highest BCUT2D eigenvalue weighted by Crippen LogP contribution is 2.23. The first-order chi connectivity index (χ1) is 13.4. The molecular formula is C21H23NO6. The van der Waals surface area contributed by atoms with Crippen LogP contribution in [0.15, 0.2) is 42.5 Å². The van der Waals surface area contributed by atoms with Crippen LogP contribution in [0.3, 0.4) is 0 Å². The zero-order valence-corrected chi connectivity index (χ0v) is 16.1. The molecule has 0 aliphatic carbocycles. The van der Waals surface area contributed by atoms with Gasteiger partial charge in [-0.1, -0.05) is 0 Å². The summed E-state index contributed by atoms with van der Waals surface area (Å²) in [5.41, 5.74) is 1.86. The summed E-state index contributed by atoms with van der Waals surface area (Å²) >= 11 is 0. The van der Waals surface area contributed by atoms with Gasteiger partial charge in [0.15, 0.2) is 12.4 Å². The fourth-order valence-corrected chi connectivity index (χ4v) is 2.50. The number of hydrogen-bond donors (Lipinski definition) is 1. The van der Waals surface area contributed by atoms with Crippen molar-refractivity contribution < 1.29 is 28.6 Å². The topological polar surface area (TPSA) is 90.9 Å². The summed E-state index contributed by atoms with van der Waals surface area (Å²) in [5.74, 6) is 0.304. The van der Waals surface area contributed by atoms with Gasteiger partial charge >= 0.3 is 5.97 Å². The molecule has 148 valence electrons. The third-order valence-electron chi connectivity index (χ3n) is 3.92. The Morgan fingerprint density at radius 3 is 2.07 bits per heavy atom. The molecule has 0 radical (unpaired) electrons. The Bertz CT molecular complexity index is 822. The predicted octanol–water partition coefficient (Wildman–Crippen LogP) is 3.02. The van der Waals surface area contributed by atoms with E-state index in [1.807, 2.05) is 12.1 Å².